The number of anilines is 2. The number of hydrogen-bond acceptors (Lipinski definition) is 10. The normalized spacial score (nSPS) is 16.9. The van der Waals surface area contributed by atoms with Crippen LogP contribution in [0.15, 0.2) is 18.2 Å². The number of phenols is 1. The number of piperazine rings is 1. The zero-order valence-electron chi connectivity index (χ0n) is 21.5. The van der Waals surface area contributed by atoms with Crippen molar-refractivity contribution in [1.82, 2.24) is 29.4 Å². The zero-order chi connectivity index (χ0) is 27.0. The lowest BCUT2D eigenvalue weighted by Crippen LogP contribution is -2.50. The number of nitrogens with zero attached hydrogens (tertiary/aromatic N) is 8. The predicted molar refractivity (Wildman–Crippen MR) is 134 cm³/mol. The van der Waals surface area contributed by atoms with Gasteiger partial charge in [-0.1, -0.05) is 6.07 Å². The third-order valence-corrected chi connectivity index (χ3v) is 6.19. The Morgan fingerprint density at radius 1 is 0.947 bits per heavy atom. The molecule has 2 fully saturated rings. The summed E-state index contributed by atoms with van der Waals surface area (Å²) in [6.45, 7) is 9.06. The van der Waals surface area contributed by atoms with Gasteiger partial charge >= 0.3 is 6.09 Å². The van der Waals surface area contributed by atoms with E-state index in [0.29, 0.717) is 64.4 Å². The van der Waals surface area contributed by atoms with Crippen LogP contribution in [0.25, 0.3) is 17.0 Å². The van der Waals surface area contributed by atoms with Crippen molar-refractivity contribution in [2.45, 2.75) is 32.8 Å². The number of hydrogen-bond donors (Lipinski definition) is 1. The number of fused-ring (bicyclic) bond motifs is 1. The first-order chi connectivity index (χ1) is 18.1. The Morgan fingerprint density at radius 2 is 1.55 bits per heavy atom. The standard InChI is InChI=1S/C24H30F2N8O4/c1-24(2,3)38-23(36)33-9-7-31(8-10-33)20-28-21(32-11-13-37-14-12-32)30-22(29-20)34-15-5-4-6-16(35)17(15)27-19(34)18(25)26/h4-6,18,35H,7-14H2,1-3H3. The van der Waals surface area contributed by atoms with Gasteiger partial charge in [-0.15, -0.1) is 0 Å². The Morgan fingerprint density at radius 3 is 2.16 bits per heavy atom. The molecule has 0 spiro atoms. The highest BCUT2D eigenvalue weighted by Crippen LogP contribution is 2.32. The second-order valence-electron chi connectivity index (χ2n) is 10.0. The number of aromatic nitrogens is 5. The highest BCUT2D eigenvalue weighted by atomic mass is 19.3. The van der Waals surface area contributed by atoms with Crippen molar-refractivity contribution in [1.29, 1.82) is 0 Å². The Bertz CT molecular complexity index is 1310. The summed E-state index contributed by atoms with van der Waals surface area (Å²) < 4.78 is 40.3. The zero-order valence-corrected chi connectivity index (χ0v) is 21.5. The number of ether oxygens (including phenoxy) is 2. The summed E-state index contributed by atoms with van der Waals surface area (Å²) in [6, 6.07) is 4.51. The van der Waals surface area contributed by atoms with Gasteiger partial charge in [0.2, 0.25) is 17.8 Å². The van der Waals surface area contributed by atoms with Crippen LogP contribution in [0.3, 0.4) is 0 Å². The number of morpholine rings is 1. The quantitative estimate of drug-likeness (QED) is 0.537. The van der Waals surface area contributed by atoms with Crippen LogP contribution < -0.4 is 9.80 Å². The molecule has 1 N–H and O–H groups in total. The molecule has 14 heteroatoms. The molecule has 2 aromatic heterocycles. The van der Waals surface area contributed by atoms with Crippen LogP contribution in [0.5, 0.6) is 5.75 Å². The molecule has 1 amide bonds. The van der Waals surface area contributed by atoms with Crippen LogP contribution in [-0.4, -0.2) is 98.7 Å². The number of rotatable bonds is 4. The van der Waals surface area contributed by atoms with Gasteiger partial charge in [0.15, 0.2) is 5.82 Å². The minimum Gasteiger partial charge on any atom is -0.506 e. The van der Waals surface area contributed by atoms with Crippen LogP contribution in [0.1, 0.15) is 33.0 Å². The Hall–Kier alpha value is -3.81. The second-order valence-corrected chi connectivity index (χ2v) is 10.0. The number of imidazole rings is 1. The van der Waals surface area contributed by atoms with Crippen molar-refractivity contribution in [3.05, 3.63) is 24.0 Å². The molecule has 2 aliphatic heterocycles. The van der Waals surface area contributed by atoms with Gasteiger partial charge in [0.25, 0.3) is 6.43 Å². The first-order valence-corrected chi connectivity index (χ1v) is 12.4. The lowest BCUT2D eigenvalue weighted by Gasteiger charge is -2.36. The monoisotopic (exact) mass is 532 g/mol. The molecule has 0 bridgehead atoms. The van der Waals surface area contributed by atoms with Crippen LogP contribution in [0.4, 0.5) is 25.5 Å². The molecule has 0 radical (unpaired) electrons. The molecule has 3 aromatic rings. The van der Waals surface area contributed by atoms with Gasteiger partial charge in [0.05, 0.1) is 18.7 Å². The topological polar surface area (TPSA) is 122 Å². The Balaban J connectivity index is 1.52. The number of halogens is 2. The second kappa shape index (κ2) is 10.2. The maximum Gasteiger partial charge on any atom is 0.410 e. The van der Waals surface area contributed by atoms with Crippen molar-refractivity contribution in [3.8, 4) is 11.7 Å². The van der Waals surface area contributed by atoms with Crippen molar-refractivity contribution >= 4 is 29.0 Å². The number of carbonyl (C=O) groups is 1. The fourth-order valence-electron chi connectivity index (χ4n) is 4.36. The van der Waals surface area contributed by atoms with E-state index in [-0.39, 0.29) is 22.7 Å². The summed E-state index contributed by atoms with van der Waals surface area (Å²) in [5, 5.41) is 10.2. The van der Waals surface area contributed by atoms with Gasteiger partial charge in [0.1, 0.15) is 16.9 Å². The summed E-state index contributed by atoms with van der Waals surface area (Å²) in [7, 11) is 0. The van der Waals surface area contributed by atoms with Crippen LogP contribution in [-0.2, 0) is 9.47 Å². The van der Waals surface area contributed by atoms with Crippen LogP contribution in [0.2, 0.25) is 0 Å². The lowest BCUT2D eigenvalue weighted by atomic mass is 10.2. The molecule has 12 nitrogen and oxygen atoms in total. The van der Waals surface area contributed by atoms with Gasteiger partial charge in [-0.05, 0) is 32.9 Å². The van der Waals surface area contributed by atoms with Gasteiger partial charge in [-0.2, -0.15) is 15.0 Å². The fraction of sp³-hybridized carbons (Fsp3) is 0.542. The number of carbonyl (C=O) groups excluding carboxylic acids is 1. The van der Waals surface area contributed by atoms with E-state index < -0.39 is 23.9 Å². The highest BCUT2D eigenvalue weighted by molar-refractivity contribution is 5.83. The minimum atomic E-state index is -2.94. The fourth-order valence-corrected chi connectivity index (χ4v) is 4.36. The van der Waals surface area contributed by atoms with E-state index in [4.69, 9.17) is 9.47 Å². The number of amides is 1. The summed E-state index contributed by atoms with van der Waals surface area (Å²) >= 11 is 0. The maximum atomic E-state index is 14.1. The highest BCUT2D eigenvalue weighted by Gasteiger charge is 2.30. The Labute approximate surface area is 217 Å². The van der Waals surface area contributed by atoms with E-state index in [2.05, 4.69) is 19.9 Å². The Kier molecular flexibility index (Phi) is 6.90. The van der Waals surface area contributed by atoms with Crippen LogP contribution >= 0.6 is 0 Å². The minimum absolute atomic E-state index is 0.0312. The molecule has 2 saturated heterocycles. The smallest absolute Gasteiger partial charge is 0.410 e. The maximum absolute atomic E-state index is 14.1. The third-order valence-electron chi connectivity index (χ3n) is 6.19. The average molecular weight is 533 g/mol. The molecule has 4 heterocycles. The van der Waals surface area contributed by atoms with Gasteiger partial charge < -0.3 is 29.3 Å². The van der Waals surface area contributed by atoms with Gasteiger partial charge in [-0.25, -0.2) is 18.6 Å². The van der Waals surface area contributed by atoms with Crippen molar-refractivity contribution < 1.29 is 28.2 Å². The number of alkyl halides is 2. The number of aromatic hydroxyl groups is 1. The number of benzene rings is 1. The van der Waals surface area contributed by atoms with E-state index >= 15 is 0 Å². The molecular formula is C24H30F2N8O4. The average Bonchev–Trinajstić information content (AvgIpc) is 3.30. The summed E-state index contributed by atoms with van der Waals surface area (Å²) in [5.74, 6) is -0.215. The molecule has 5 rings (SSSR count). The lowest BCUT2D eigenvalue weighted by molar-refractivity contribution is 0.0240. The van der Waals surface area contributed by atoms with Gasteiger partial charge in [-0.3, -0.25) is 4.57 Å². The van der Waals surface area contributed by atoms with E-state index in [1.54, 1.807) is 17.0 Å². The van der Waals surface area contributed by atoms with Crippen molar-refractivity contribution in [2.24, 2.45) is 0 Å². The number of phenolic OH excluding ortho intramolecular Hbond substituents is 1. The molecule has 2 aliphatic rings. The molecular weight excluding hydrogens is 502 g/mol. The molecule has 204 valence electrons. The largest absolute Gasteiger partial charge is 0.506 e. The molecule has 0 aliphatic carbocycles. The molecule has 0 atom stereocenters. The van der Waals surface area contributed by atoms with E-state index in [1.165, 1.54) is 6.07 Å². The van der Waals surface area contributed by atoms with E-state index in [1.807, 2.05) is 30.6 Å². The molecule has 0 unspecified atom stereocenters. The number of para-hydroxylation sites is 1. The predicted octanol–water partition coefficient (Wildman–Crippen LogP) is 2.75. The third kappa shape index (κ3) is 5.26. The van der Waals surface area contributed by atoms with Crippen molar-refractivity contribution in [3.63, 3.8) is 0 Å². The molecule has 1 aromatic carbocycles. The van der Waals surface area contributed by atoms with Gasteiger partial charge in [0, 0.05) is 39.3 Å². The SMILES string of the molecule is CC(C)(C)OC(=O)N1CCN(c2nc(N3CCOCC3)nc(-n3c(C(F)F)nc4c(O)cccc43)n2)CC1. The van der Waals surface area contributed by atoms with E-state index in [9.17, 15) is 18.7 Å². The first kappa shape index (κ1) is 25.8. The van der Waals surface area contributed by atoms with E-state index in [0.717, 1.165) is 4.57 Å². The summed E-state index contributed by atoms with van der Waals surface area (Å²) in [6.07, 6.45) is -3.33. The summed E-state index contributed by atoms with van der Waals surface area (Å²) in [4.78, 5) is 35.7. The molecule has 0 saturated carbocycles. The summed E-state index contributed by atoms with van der Waals surface area (Å²) in [5.41, 5.74) is -0.321. The van der Waals surface area contributed by atoms with Crippen LogP contribution in [0, 0.1) is 0 Å². The van der Waals surface area contributed by atoms with Crippen molar-refractivity contribution in [2.75, 3.05) is 62.3 Å². The first-order valence-electron chi connectivity index (χ1n) is 12.4. The molecule has 38 heavy (non-hydrogen) atoms.